The van der Waals surface area contributed by atoms with E-state index in [-0.39, 0.29) is 6.10 Å². The Kier molecular flexibility index (Phi) is 2.60. The smallest absolute Gasteiger partial charge is 0.0567 e. The van der Waals surface area contributed by atoms with Crippen LogP contribution in [-0.4, -0.2) is 16.2 Å². The van der Waals surface area contributed by atoms with E-state index in [9.17, 15) is 0 Å². The van der Waals surface area contributed by atoms with Crippen molar-refractivity contribution < 1.29 is 5.11 Å². The van der Waals surface area contributed by atoms with Crippen molar-refractivity contribution >= 4 is 0 Å². The zero-order valence-corrected chi connectivity index (χ0v) is 6.91. The van der Waals surface area contributed by atoms with Crippen LogP contribution in [0.2, 0.25) is 0 Å². The third kappa shape index (κ3) is 2.31. The third-order valence-electron chi connectivity index (χ3n) is 1.61. The quantitative estimate of drug-likeness (QED) is 0.691. The number of aliphatic hydroxyl groups excluding tert-OH is 1. The molecule has 0 fully saturated rings. The van der Waals surface area contributed by atoms with Gasteiger partial charge >= 0.3 is 0 Å². The number of nitrogens with zero attached hydrogens (tertiary/aromatic N) is 1. The summed E-state index contributed by atoms with van der Waals surface area (Å²) >= 11 is 0. The molecule has 0 aliphatic heterocycles. The van der Waals surface area contributed by atoms with E-state index in [1.54, 1.807) is 13.1 Å². The predicted octanol–water partition coefficient (Wildman–Crippen LogP) is 1.31. The van der Waals surface area contributed by atoms with E-state index >= 15 is 0 Å². The van der Waals surface area contributed by atoms with Crippen LogP contribution >= 0.6 is 0 Å². The summed E-state index contributed by atoms with van der Waals surface area (Å²) in [5.74, 6) is 0. The summed E-state index contributed by atoms with van der Waals surface area (Å²) in [6.45, 7) is 3.78. The maximum atomic E-state index is 9.09. The highest BCUT2D eigenvalue weighted by molar-refractivity contribution is 5.17. The molecule has 1 N–H and O–H groups in total. The first kappa shape index (κ1) is 8.21. The molecule has 0 aromatic carbocycles. The molecule has 0 radical (unpaired) electrons. The molecule has 60 valence electrons. The second kappa shape index (κ2) is 3.49. The topological polar surface area (TPSA) is 33.1 Å². The number of pyridine rings is 1. The maximum Gasteiger partial charge on any atom is 0.0567 e. The van der Waals surface area contributed by atoms with Crippen LogP contribution in [0.1, 0.15) is 18.2 Å². The number of hydrogen-bond acceptors (Lipinski definition) is 2. The minimum atomic E-state index is -0.302. The van der Waals surface area contributed by atoms with Crippen LogP contribution in [0, 0.1) is 6.92 Å². The van der Waals surface area contributed by atoms with Crippen molar-refractivity contribution in [2.75, 3.05) is 0 Å². The van der Waals surface area contributed by atoms with Gasteiger partial charge in [0.25, 0.3) is 0 Å². The summed E-state index contributed by atoms with van der Waals surface area (Å²) in [6.07, 6.45) is 2.10. The van der Waals surface area contributed by atoms with Gasteiger partial charge in [-0.05, 0) is 25.5 Å². The fourth-order valence-electron chi connectivity index (χ4n) is 1.01. The minimum Gasteiger partial charge on any atom is -0.393 e. The molecule has 1 aromatic rings. The minimum absolute atomic E-state index is 0.302. The van der Waals surface area contributed by atoms with Crippen LogP contribution in [0.5, 0.6) is 0 Å². The average molecular weight is 151 g/mol. The SMILES string of the molecule is Cc1cccnc1CC(C)O. The van der Waals surface area contributed by atoms with Gasteiger partial charge in [0.1, 0.15) is 0 Å². The normalized spacial score (nSPS) is 13.0. The second-order valence-corrected chi connectivity index (χ2v) is 2.82. The highest BCUT2D eigenvalue weighted by Crippen LogP contribution is 2.05. The summed E-state index contributed by atoms with van der Waals surface area (Å²) in [7, 11) is 0. The molecule has 1 heterocycles. The van der Waals surface area contributed by atoms with Crippen molar-refractivity contribution in [3.05, 3.63) is 29.6 Å². The van der Waals surface area contributed by atoms with Gasteiger partial charge < -0.3 is 5.11 Å². The number of hydrogen-bond donors (Lipinski definition) is 1. The fraction of sp³-hybridized carbons (Fsp3) is 0.444. The molecule has 1 aromatic heterocycles. The van der Waals surface area contributed by atoms with E-state index < -0.39 is 0 Å². The van der Waals surface area contributed by atoms with E-state index in [0.717, 1.165) is 11.3 Å². The molecule has 1 atom stereocenters. The van der Waals surface area contributed by atoms with Gasteiger partial charge in [-0.2, -0.15) is 0 Å². The highest BCUT2D eigenvalue weighted by Gasteiger charge is 2.01. The Labute approximate surface area is 66.9 Å². The Morgan fingerprint density at radius 2 is 2.36 bits per heavy atom. The summed E-state index contributed by atoms with van der Waals surface area (Å²) in [5, 5.41) is 9.09. The predicted molar refractivity (Wildman–Crippen MR) is 44.4 cm³/mol. The Bertz CT molecular complexity index is 233. The molecule has 1 unspecified atom stereocenters. The van der Waals surface area contributed by atoms with E-state index in [2.05, 4.69) is 4.98 Å². The molecule has 0 amide bonds. The van der Waals surface area contributed by atoms with Gasteiger partial charge in [-0.25, -0.2) is 0 Å². The van der Waals surface area contributed by atoms with Crippen molar-refractivity contribution in [2.24, 2.45) is 0 Å². The molecule has 2 nitrogen and oxygen atoms in total. The first-order valence-corrected chi connectivity index (χ1v) is 3.78. The molecule has 0 aliphatic carbocycles. The number of rotatable bonds is 2. The van der Waals surface area contributed by atoms with Crippen LogP contribution in [0.15, 0.2) is 18.3 Å². The van der Waals surface area contributed by atoms with Gasteiger partial charge in [0.05, 0.1) is 6.10 Å². The highest BCUT2D eigenvalue weighted by atomic mass is 16.3. The summed E-state index contributed by atoms with van der Waals surface area (Å²) in [6, 6.07) is 3.91. The number of aromatic nitrogens is 1. The Balaban J connectivity index is 2.78. The molecule has 0 saturated heterocycles. The third-order valence-corrected chi connectivity index (χ3v) is 1.61. The number of aryl methyl sites for hydroxylation is 1. The Morgan fingerprint density at radius 1 is 1.64 bits per heavy atom. The molecule has 0 spiro atoms. The zero-order valence-electron chi connectivity index (χ0n) is 6.91. The van der Waals surface area contributed by atoms with Crippen LogP contribution in [0.25, 0.3) is 0 Å². The summed E-state index contributed by atoms with van der Waals surface area (Å²) in [4.78, 5) is 4.16. The van der Waals surface area contributed by atoms with Gasteiger partial charge in [0.2, 0.25) is 0 Å². The van der Waals surface area contributed by atoms with Crippen molar-refractivity contribution in [2.45, 2.75) is 26.4 Å². The summed E-state index contributed by atoms with van der Waals surface area (Å²) in [5.41, 5.74) is 2.14. The van der Waals surface area contributed by atoms with Crippen molar-refractivity contribution in [3.63, 3.8) is 0 Å². The average Bonchev–Trinajstić information content (AvgIpc) is 1.93. The van der Waals surface area contributed by atoms with Gasteiger partial charge in [-0.15, -0.1) is 0 Å². The van der Waals surface area contributed by atoms with Crippen molar-refractivity contribution in [1.82, 2.24) is 4.98 Å². The lowest BCUT2D eigenvalue weighted by Gasteiger charge is -2.05. The van der Waals surface area contributed by atoms with Gasteiger partial charge in [-0.3, -0.25) is 4.98 Å². The van der Waals surface area contributed by atoms with Crippen LogP contribution in [0.3, 0.4) is 0 Å². The molecule has 2 heteroatoms. The van der Waals surface area contributed by atoms with Crippen LogP contribution < -0.4 is 0 Å². The molecule has 0 bridgehead atoms. The second-order valence-electron chi connectivity index (χ2n) is 2.82. The molecular weight excluding hydrogens is 138 g/mol. The van der Waals surface area contributed by atoms with E-state index in [4.69, 9.17) is 5.11 Å². The van der Waals surface area contributed by atoms with Crippen molar-refractivity contribution in [3.8, 4) is 0 Å². The van der Waals surface area contributed by atoms with Crippen LogP contribution in [0.4, 0.5) is 0 Å². The monoisotopic (exact) mass is 151 g/mol. The van der Waals surface area contributed by atoms with E-state index in [1.807, 2.05) is 19.1 Å². The Hall–Kier alpha value is -0.890. The summed E-state index contributed by atoms with van der Waals surface area (Å²) < 4.78 is 0. The fourth-order valence-corrected chi connectivity index (χ4v) is 1.01. The first-order valence-electron chi connectivity index (χ1n) is 3.78. The molecule has 11 heavy (non-hydrogen) atoms. The van der Waals surface area contributed by atoms with Gasteiger partial charge in [0, 0.05) is 18.3 Å². The molecule has 0 saturated carbocycles. The zero-order chi connectivity index (χ0) is 8.27. The lowest BCUT2D eigenvalue weighted by Crippen LogP contribution is -2.07. The standard InChI is InChI=1S/C9H13NO/c1-7-4-3-5-10-9(7)6-8(2)11/h3-5,8,11H,6H2,1-2H3. The van der Waals surface area contributed by atoms with Gasteiger partial charge in [0.15, 0.2) is 0 Å². The molecule has 0 aliphatic rings. The van der Waals surface area contributed by atoms with E-state index in [0.29, 0.717) is 6.42 Å². The number of aliphatic hydroxyl groups is 1. The molecular formula is C9H13NO. The largest absolute Gasteiger partial charge is 0.393 e. The van der Waals surface area contributed by atoms with Crippen molar-refractivity contribution in [1.29, 1.82) is 0 Å². The first-order chi connectivity index (χ1) is 5.20. The van der Waals surface area contributed by atoms with Gasteiger partial charge in [-0.1, -0.05) is 6.07 Å². The van der Waals surface area contributed by atoms with E-state index in [1.165, 1.54) is 0 Å². The Morgan fingerprint density at radius 3 is 2.91 bits per heavy atom. The maximum absolute atomic E-state index is 9.09. The van der Waals surface area contributed by atoms with Crippen LogP contribution in [-0.2, 0) is 6.42 Å². The lowest BCUT2D eigenvalue weighted by atomic mass is 10.1. The lowest BCUT2D eigenvalue weighted by molar-refractivity contribution is 0.194. The molecule has 1 rings (SSSR count).